The molecule has 0 bridgehead atoms. The van der Waals surface area contributed by atoms with Crippen LogP contribution in [-0.4, -0.2) is 33.6 Å². The van der Waals surface area contributed by atoms with Crippen LogP contribution in [0.25, 0.3) is 0 Å². The Bertz CT molecular complexity index is 526. The molecule has 2 atom stereocenters. The van der Waals surface area contributed by atoms with Crippen LogP contribution in [0.2, 0.25) is 19.6 Å². The summed E-state index contributed by atoms with van der Waals surface area (Å²) in [6, 6.07) is 8.01. The van der Waals surface area contributed by atoms with Crippen LogP contribution in [0.4, 0.5) is 0 Å². The molecular formula is C17H27NO4Si. The first-order chi connectivity index (χ1) is 10.8. The van der Waals surface area contributed by atoms with Gasteiger partial charge in [0.25, 0.3) is 0 Å². The van der Waals surface area contributed by atoms with Crippen LogP contribution in [0.3, 0.4) is 0 Å². The number of ether oxygens (including phenoxy) is 2. The fraction of sp³-hybridized carbons (Fsp3) is 0.529. The zero-order valence-electron chi connectivity index (χ0n) is 14.7. The maximum atomic E-state index is 6.01. The second-order valence-electron chi connectivity index (χ2n) is 6.50. The van der Waals surface area contributed by atoms with E-state index in [0.29, 0.717) is 13.0 Å². The van der Waals surface area contributed by atoms with Gasteiger partial charge in [0.05, 0.1) is 12.8 Å². The average Bonchev–Trinajstić information content (AvgIpc) is 2.49. The zero-order chi connectivity index (χ0) is 17.0. The predicted octanol–water partition coefficient (Wildman–Crippen LogP) is 4.06. The third-order valence-corrected chi connectivity index (χ3v) is 4.22. The summed E-state index contributed by atoms with van der Waals surface area (Å²) in [6.07, 6.45) is 0.374. The van der Waals surface area contributed by atoms with Gasteiger partial charge in [0.15, 0.2) is 6.29 Å². The van der Waals surface area contributed by atoms with Crippen LogP contribution in [0.15, 0.2) is 36.5 Å². The molecule has 0 N–H and O–H groups in total. The molecule has 1 aromatic rings. The van der Waals surface area contributed by atoms with E-state index in [0.717, 1.165) is 17.0 Å². The molecule has 128 valence electrons. The molecule has 1 aliphatic rings. The summed E-state index contributed by atoms with van der Waals surface area (Å²) in [6.45, 7) is 13.1. The van der Waals surface area contributed by atoms with E-state index in [1.165, 1.54) is 5.23 Å². The molecule has 1 saturated heterocycles. The van der Waals surface area contributed by atoms with Gasteiger partial charge in [-0.25, -0.2) is 4.84 Å². The van der Waals surface area contributed by atoms with Crippen LogP contribution in [0.1, 0.15) is 24.8 Å². The van der Waals surface area contributed by atoms with Gasteiger partial charge < -0.3 is 9.47 Å². The molecule has 6 heteroatoms. The number of allylic oxidation sites excluding steroid dienone is 1. The molecule has 5 nitrogen and oxygen atoms in total. The highest BCUT2D eigenvalue weighted by molar-refractivity contribution is 6.69. The lowest BCUT2D eigenvalue weighted by Gasteiger charge is -2.41. The van der Waals surface area contributed by atoms with Gasteiger partial charge in [-0.1, -0.05) is 18.7 Å². The first kappa shape index (κ1) is 18.0. The molecule has 0 saturated carbocycles. The second kappa shape index (κ2) is 7.48. The molecule has 2 rings (SSSR count). The standard InChI is InChI=1S/C17H27NO4Si/c1-7-20-17-12-16(14-8-10-15(19-3)11-9-14)13(2)18(21-17)22-23(4,5)6/h8-11,16-17H,2,7,12H2,1,3-6H3/t16-,17-/m0/s1. The molecule has 0 aliphatic carbocycles. The van der Waals surface area contributed by atoms with Crippen molar-refractivity contribution < 1.29 is 18.8 Å². The Morgan fingerprint density at radius 2 is 1.91 bits per heavy atom. The molecule has 1 aromatic carbocycles. The lowest BCUT2D eigenvalue weighted by Crippen LogP contribution is -2.44. The Hall–Kier alpha value is -1.34. The Balaban J connectivity index is 2.22. The van der Waals surface area contributed by atoms with E-state index in [1.54, 1.807) is 7.11 Å². The van der Waals surface area contributed by atoms with E-state index in [9.17, 15) is 0 Å². The average molecular weight is 337 g/mol. The van der Waals surface area contributed by atoms with Crippen LogP contribution in [-0.2, 0) is 14.1 Å². The number of hydrogen-bond acceptors (Lipinski definition) is 5. The van der Waals surface area contributed by atoms with Crippen LogP contribution in [0, 0.1) is 0 Å². The van der Waals surface area contributed by atoms with Crippen molar-refractivity contribution in [3.8, 4) is 5.75 Å². The minimum Gasteiger partial charge on any atom is -0.497 e. The predicted molar refractivity (Wildman–Crippen MR) is 92.3 cm³/mol. The molecule has 0 radical (unpaired) electrons. The normalized spacial score (nSPS) is 22.3. The van der Waals surface area contributed by atoms with E-state index in [-0.39, 0.29) is 12.2 Å². The largest absolute Gasteiger partial charge is 0.497 e. The van der Waals surface area contributed by atoms with Crippen molar-refractivity contribution in [3.05, 3.63) is 42.1 Å². The van der Waals surface area contributed by atoms with Crippen molar-refractivity contribution in [2.45, 2.75) is 45.2 Å². The molecule has 0 spiro atoms. The summed E-state index contributed by atoms with van der Waals surface area (Å²) in [5, 5.41) is 1.48. The number of hydroxylamine groups is 2. The monoisotopic (exact) mass is 337 g/mol. The van der Waals surface area contributed by atoms with E-state index in [2.05, 4.69) is 38.4 Å². The van der Waals surface area contributed by atoms with Gasteiger partial charge in [-0.15, -0.1) is 5.23 Å². The highest BCUT2D eigenvalue weighted by Gasteiger charge is 2.36. The van der Waals surface area contributed by atoms with Gasteiger partial charge in [0.2, 0.25) is 8.32 Å². The van der Waals surface area contributed by atoms with Crippen molar-refractivity contribution >= 4 is 8.32 Å². The maximum Gasteiger partial charge on any atom is 0.223 e. The van der Waals surface area contributed by atoms with Crippen molar-refractivity contribution in [1.82, 2.24) is 5.23 Å². The van der Waals surface area contributed by atoms with Crippen LogP contribution < -0.4 is 4.74 Å². The van der Waals surface area contributed by atoms with E-state index >= 15 is 0 Å². The quantitative estimate of drug-likeness (QED) is 0.732. The van der Waals surface area contributed by atoms with Crippen molar-refractivity contribution in [2.75, 3.05) is 13.7 Å². The Kier molecular flexibility index (Phi) is 5.86. The van der Waals surface area contributed by atoms with Gasteiger partial charge in [-0.3, -0.25) is 4.53 Å². The molecule has 1 aliphatic heterocycles. The Labute approximate surface area is 139 Å². The summed E-state index contributed by atoms with van der Waals surface area (Å²) in [7, 11) is -0.156. The fourth-order valence-corrected chi connectivity index (χ4v) is 3.11. The summed E-state index contributed by atoms with van der Waals surface area (Å²) >= 11 is 0. The first-order valence-electron chi connectivity index (χ1n) is 7.94. The molecule has 0 unspecified atom stereocenters. The summed E-state index contributed by atoms with van der Waals surface area (Å²) in [4.78, 5) is 5.81. The highest BCUT2D eigenvalue weighted by Crippen LogP contribution is 2.38. The second-order valence-corrected chi connectivity index (χ2v) is 10.9. The smallest absolute Gasteiger partial charge is 0.223 e. The van der Waals surface area contributed by atoms with E-state index < -0.39 is 8.32 Å². The van der Waals surface area contributed by atoms with E-state index in [4.69, 9.17) is 18.8 Å². The number of benzene rings is 1. The number of hydrogen-bond donors (Lipinski definition) is 0. The van der Waals surface area contributed by atoms with Gasteiger partial charge in [0.1, 0.15) is 5.75 Å². The Morgan fingerprint density at radius 1 is 1.26 bits per heavy atom. The Morgan fingerprint density at radius 3 is 2.43 bits per heavy atom. The van der Waals surface area contributed by atoms with E-state index in [1.807, 2.05) is 19.1 Å². The van der Waals surface area contributed by atoms with Crippen molar-refractivity contribution in [2.24, 2.45) is 0 Å². The third kappa shape index (κ3) is 4.81. The fourth-order valence-electron chi connectivity index (χ4n) is 2.45. The summed E-state index contributed by atoms with van der Waals surface area (Å²) < 4.78 is 16.9. The van der Waals surface area contributed by atoms with Crippen LogP contribution >= 0.6 is 0 Å². The maximum absolute atomic E-state index is 6.01. The van der Waals surface area contributed by atoms with Gasteiger partial charge in [-0.2, -0.15) is 0 Å². The summed E-state index contributed by atoms with van der Waals surface area (Å²) in [5.41, 5.74) is 1.95. The number of methoxy groups -OCH3 is 1. The minimum absolute atomic E-state index is 0.0857. The van der Waals surface area contributed by atoms with Gasteiger partial charge in [0, 0.05) is 18.9 Å². The molecule has 1 heterocycles. The molecule has 0 amide bonds. The molecule has 1 fully saturated rings. The molecular weight excluding hydrogens is 310 g/mol. The highest BCUT2D eigenvalue weighted by atomic mass is 28.4. The van der Waals surface area contributed by atoms with Crippen molar-refractivity contribution in [3.63, 3.8) is 0 Å². The number of nitrogens with zero attached hydrogens (tertiary/aromatic N) is 1. The topological polar surface area (TPSA) is 40.2 Å². The lowest BCUT2D eigenvalue weighted by atomic mass is 9.92. The molecule has 23 heavy (non-hydrogen) atoms. The van der Waals surface area contributed by atoms with Crippen LogP contribution in [0.5, 0.6) is 5.75 Å². The molecule has 0 aromatic heterocycles. The first-order valence-corrected chi connectivity index (χ1v) is 11.3. The summed E-state index contributed by atoms with van der Waals surface area (Å²) in [5.74, 6) is 0.922. The van der Waals surface area contributed by atoms with Gasteiger partial charge >= 0.3 is 0 Å². The van der Waals surface area contributed by atoms with Crippen molar-refractivity contribution in [1.29, 1.82) is 0 Å². The van der Waals surface area contributed by atoms with Gasteiger partial charge in [-0.05, 0) is 44.3 Å². The minimum atomic E-state index is -1.82. The zero-order valence-corrected chi connectivity index (χ0v) is 15.7. The third-order valence-electron chi connectivity index (χ3n) is 3.51. The number of rotatable bonds is 6. The SMILES string of the molecule is C=C1[C@@H](c2ccc(OC)cc2)C[C@@H](OCC)ON1O[Si](C)(C)C. The lowest BCUT2D eigenvalue weighted by molar-refractivity contribution is -0.384.